The molecule has 18 heavy (non-hydrogen) atoms. The van der Waals surface area contributed by atoms with Gasteiger partial charge in [-0.15, -0.1) is 0 Å². The number of hydrogen-bond donors (Lipinski definition) is 1. The number of nitrogens with zero attached hydrogens (tertiary/aromatic N) is 2. The predicted octanol–water partition coefficient (Wildman–Crippen LogP) is 2.87. The number of carbonyl (C=O) groups excluding carboxylic acids is 1. The first-order valence-corrected chi connectivity index (χ1v) is 6.32. The van der Waals surface area contributed by atoms with Gasteiger partial charge < -0.3 is 10.0 Å². The van der Waals surface area contributed by atoms with Crippen molar-refractivity contribution in [1.29, 1.82) is 0 Å². The van der Waals surface area contributed by atoms with Gasteiger partial charge in [-0.2, -0.15) is 4.37 Å². The second-order valence-corrected chi connectivity index (χ2v) is 5.13. The lowest BCUT2D eigenvalue weighted by atomic mass is 10.1. The number of aromatic hydroxyl groups is 1. The van der Waals surface area contributed by atoms with Crippen molar-refractivity contribution in [2.75, 3.05) is 14.1 Å². The molecule has 2 aromatic rings. The van der Waals surface area contributed by atoms with Gasteiger partial charge >= 0.3 is 0 Å². The van der Waals surface area contributed by atoms with Crippen LogP contribution in [0, 0.1) is 0 Å². The Kier molecular flexibility index (Phi) is 3.54. The van der Waals surface area contributed by atoms with Crippen molar-refractivity contribution in [1.82, 2.24) is 9.27 Å². The van der Waals surface area contributed by atoms with Crippen molar-refractivity contribution in [2.24, 2.45) is 0 Å². The molecule has 0 fully saturated rings. The van der Waals surface area contributed by atoms with E-state index in [0.717, 1.165) is 17.1 Å². The summed E-state index contributed by atoms with van der Waals surface area (Å²) in [6.45, 7) is 0. The highest BCUT2D eigenvalue weighted by Gasteiger charge is 2.21. The summed E-state index contributed by atoms with van der Waals surface area (Å²) in [5.74, 6) is -0.341. The molecule has 0 saturated carbocycles. The normalized spacial score (nSPS) is 10.4. The van der Waals surface area contributed by atoms with Crippen molar-refractivity contribution in [2.45, 2.75) is 0 Å². The van der Waals surface area contributed by atoms with Crippen LogP contribution in [-0.4, -0.2) is 34.4 Å². The van der Waals surface area contributed by atoms with Crippen LogP contribution in [0.5, 0.6) is 5.75 Å². The molecule has 0 bridgehead atoms. The summed E-state index contributed by atoms with van der Waals surface area (Å²) in [6.07, 6.45) is 0. The highest BCUT2D eigenvalue weighted by molar-refractivity contribution is 7.08. The van der Waals surface area contributed by atoms with E-state index in [1.54, 1.807) is 38.4 Å². The summed E-state index contributed by atoms with van der Waals surface area (Å²) >= 11 is 6.78. The van der Waals surface area contributed by atoms with E-state index in [9.17, 15) is 9.90 Å². The third-order valence-electron chi connectivity index (χ3n) is 2.39. The molecular weight excluding hydrogens is 272 g/mol. The molecule has 1 N–H and O–H groups in total. The van der Waals surface area contributed by atoms with Crippen LogP contribution in [0.1, 0.15) is 9.67 Å². The van der Waals surface area contributed by atoms with Crippen LogP contribution >= 0.6 is 23.1 Å². The minimum atomic E-state index is -0.259. The highest BCUT2D eigenvalue weighted by Crippen LogP contribution is 2.35. The first kappa shape index (κ1) is 12.9. The van der Waals surface area contributed by atoms with Crippen LogP contribution in [0.15, 0.2) is 24.3 Å². The molecule has 2 rings (SSSR count). The number of aromatic nitrogens is 1. The molecule has 0 aliphatic heterocycles. The lowest BCUT2D eigenvalue weighted by molar-refractivity contribution is 0.0829. The Balaban J connectivity index is 2.42. The number of rotatable bonds is 2. The zero-order valence-electron chi connectivity index (χ0n) is 9.85. The molecule has 1 aromatic heterocycles. The highest BCUT2D eigenvalue weighted by atomic mass is 35.5. The third-order valence-corrected chi connectivity index (χ3v) is 3.46. The van der Waals surface area contributed by atoms with Crippen LogP contribution < -0.4 is 0 Å². The molecule has 0 saturated heterocycles. The standard InChI is InChI=1S/C12H11ClN2O2S/c1-15(2)12(17)11-10(16)9(14-18-11)7-3-5-8(13)6-4-7/h3-6,16H,1-2H3. The topological polar surface area (TPSA) is 53.4 Å². The number of amides is 1. The van der Waals surface area contributed by atoms with E-state index in [1.807, 2.05) is 0 Å². The molecule has 0 aliphatic rings. The maximum atomic E-state index is 11.8. The van der Waals surface area contributed by atoms with Crippen molar-refractivity contribution < 1.29 is 9.90 Å². The monoisotopic (exact) mass is 282 g/mol. The molecular formula is C12H11ClN2O2S. The maximum absolute atomic E-state index is 11.8. The molecule has 1 aromatic carbocycles. The Hall–Kier alpha value is -1.59. The Morgan fingerprint density at radius 3 is 2.50 bits per heavy atom. The van der Waals surface area contributed by atoms with E-state index in [-0.39, 0.29) is 16.5 Å². The fraction of sp³-hybridized carbons (Fsp3) is 0.167. The molecule has 0 unspecified atom stereocenters. The summed E-state index contributed by atoms with van der Waals surface area (Å²) in [4.78, 5) is 13.4. The van der Waals surface area contributed by atoms with Gasteiger partial charge in [-0.3, -0.25) is 4.79 Å². The number of halogens is 1. The second kappa shape index (κ2) is 4.96. The number of hydrogen-bond acceptors (Lipinski definition) is 4. The van der Waals surface area contributed by atoms with Crippen LogP contribution in [0.2, 0.25) is 5.02 Å². The van der Waals surface area contributed by atoms with Crippen LogP contribution in [0.25, 0.3) is 11.3 Å². The van der Waals surface area contributed by atoms with E-state index in [0.29, 0.717) is 10.7 Å². The molecule has 1 heterocycles. The zero-order valence-corrected chi connectivity index (χ0v) is 11.4. The summed E-state index contributed by atoms with van der Waals surface area (Å²) in [7, 11) is 3.26. The lowest BCUT2D eigenvalue weighted by Crippen LogP contribution is -2.20. The van der Waals surface area contributed by atoms with Crippen molar-refractivity contribution in [3.63, 3.8) is 0 Å². The van der Waals surface area contributed by atoms with E-state index in [1.165, 1.54) is 4.90 Å². The van der Waals surface area contributed by atoms with Crippen LogP contribution in [0.4, 0.5) is 0 Å². The van der Waals surface area contributed by atoms with Gasteiger partial charge in [-0.05, 0) is 23.7 Å². The van der Waals surface area contributed by atoms with Gasteiger partial charge in [0.1, 0.15) is 5.69 Å². The van der Waals surface area contributed by atoms with Crippen LogP contribution in [-0.2, 0) is 0 Å². The summed E-state index contributed by atoms with van der Waals surface area (Å²) in [6, 6.07) is 6.92. The molecule has 6 heteroatoms. The zero-order chi connectivity index (χ0) is 13.3. The van der Waals surface area contributed by atoms with Gasteiger partial charge in [0.2, 0.25) is 0 Å². The van der Waals surface area contributed by atoms with E-state index in [4.69, 9.17) is 11.6 Å². The fourth-order valence-corrected chi connectivity index (χ4v) is 2.37. The molecule has 0 spiro atoms. The minimum absolute atomic E-state index is 0.0824. The van der Waals surface area contributed by atoms with Gasteiger partial charge in [-0.1, -0.05) is 23.7 Å². The number of carbonyl (C=O) groups is 1. The first-order valence-electron chi connectivity index (χ1n) is 5.17. The van der Waals surface area contributed by atoms with Gasteiger partial charge in [0.25, 0.3) is 5.91 Å². The maximum Gasteiger partial charge on any atom is 0.268 e. The molecule has 0 atom stereocenters. The SMILES string of the molecule is CN(C)C(=O)c1snc(-c2ccc(Cl)cc2)c1O. The summed E-state index contributed by atoms with van der Waals surface area (Å²) in [5.41, 5.74) is 1.13. The smallest absolute Gasteiger partial charge is 0.268 e. The molecule has 94 valence electrons. The fourth-order valence-electron chi connectivity index (χ4n) is 1.43. The van der Waals surface area contributed by atoms with Gasteiger partial charge in [-0.25, -0.2) is 0 Å². The van der Waals surface area contributed by atoms with E-state index >= 15 is 0 Å². The quantitative estimate of drug-likeness (QED) is 0.921. The molecule has 0 radical (unpaired) electrons. The average Bonchev–Trinajstić information content (AvgIpc) is 2.71. The van der Waals surface area contributed by atoms with Gasteiger partial charge in [0.15, 0.2) is 10.6 Å². The van der Waals surface area contributed by atoms with Crippen molar-refractivity contribution in [3.05, 3.63) is 34.2 Å². The molecule has 1 amide bonds. The second-order valence-electron chi connectivity index (χ2n) is 3.92. The summed E-state index contributed by atoms with van der Waals surface area (Å²) in [5, 5.41) is 10.6. The molecule has 0 aliphatic carbocycles. The third kappa shape index (κ3) is 2.32. The Bertz CT molecular complexity index is 578. The predicted molar refractivity (Wildman–Crippen MR) is 72.2 cm³/mol. The van der Waals surface area contributed by atoms with Crippen LogP contribution in [0.3, 0.4) is 0 Å². The Labute approximate surface area is 114 Å². The van der Waals surface area contributed by atoms with E-state index in [2.05, 4.69) is 4.37 Å². The first-order chi connectivity index (χ1) is 8.50. The largest absolute Gasteiger partial charge is 0.504 e. The van der Waals surface area contributed by atoms with Crippen molar-refractivity contribution >= 4 is 29.0 Å². The Morgan fingerprint density at radius 1 is 1.33 bits per heavy atom. The van der Waals surface area contributed by atoms with Gasteiger partial charge in [0.05, 0.1) is 0 Å². The average molecular weight is 283 g/mol. The Morgan fingerprint density at radius 2 is 1.94 bits per heavy atom. The minimum Gasteiger partial charge on any atom is -0.504 e. The number of benzene rings is 1. The van der Waals surface area contributed by atoms with Crippen molar-refractivity contribution in [3.8, 4) is 17.0 Å². The van der Waals surface area contributed by atoms with Gasteiger partial charge in [0, 0.05) is 24.7 Å². The summed E-state index contributed by atoms with van der Waals surface area (Å²) < 4.78 is 4.12. The lowest BCUT2D eigenvalue weighted by Gasteiger charge is -2.07. The van der Waals surface area contributed by atoms with E-state index < -0.39 is 0 Å². The molecule has 4 nitrogen and oxygen atoms in total.